The highest BCUT2D eigenvalue weighted by Gasteiger charge is 2.29. The maximum absolute atomic E-state index is 13.6. The molecule has 0 saturated carbocycles. The van der Waals surface area contributed by atoms with Crippen molar-refractivity contribution < 1.29 is 14.7 Å². The number of imidazole rings is 1. The van der Waals surface area contributed by atoms with Gasteiger partial charge in [0.25, 0.3) is 11.9 Å². The summed E-state index contributed by atoms with van der Waals surface area (Å²) in [5.41, 5.74) is 1.32. The topological polar surface area (TPSA) is 130 Å². The molecule has 0 atom stereocenters. The Morgan fingerprint density at radius 3 is 2.47 bits per heavy atom. The lowest BCUT2D eigenvalue weighted by Crippen LogP contribution is -2.39. The zero-order chi connectivity index (χ0) is 23.3. The number of carbonyl (C=O) groups excluding carboxylic acids is 1. The average molecular weight is 440 g/mol. The molecule has 0 aliphatic heterocycles. The highest BCUT2D eigenvalue weighted by Crippen LogP contribution is 2.22. The van der Waals surface area contributed by atoms with Gasteiger partial charge >= 0.3 is 5.97 Å². The van der Waals surface area contributed by atoms with Gasteiger partial charge in [-0.15, -0.1) is 5.10 Å². The van der Waals surface area contributed by atoms with Gasteiger partial charge in [-0.1, -0.05) is 51.3 Å². The number of rotatable bonds is 9. The number of anilines is 1. The maximum Gasteiger partial charge on any atom is 0.335 e. The van der Waals surface area contributed by atoms with Crippen molar-refractivity contribution in [2.75, 3.05) is 11.4 Å². The zero-order valence-corrected chi connectivity index (χ0v) is 18.9. The highest BCUT2D eigenvalue weighted by molar-refractivity contribution is 6.04. The van der Waals surface area contributed by atoms with Crippen molar-refractivity contribution in [1.29, 1.82) is 0 Å². The number of nitrogens with zero attached hydrogens (tertiary/aromatic N) is 6. The first-order valence-electron chi connectivity index (χ1n) is 10.6. The standard InChI is InChI=1S/C22H29N7O3/c1-5-6-7-18-23-12-17(28(18)13-15-8-10-16(11-9-15)20(31)32)19(30)29(14-22(2,3)4)21-24-26-27-25-21/h8-12H,5-7,13-14H2,1-4H3,(H,31,32)(H,24,25,26,27). The summed E-state index contributed by atoms with van der Waals surface area (Å²) in [7, 11) is 0. The summed E-state index contributed by atoms with van der Waals surface area (Å²) in [6, 6.07) is 6.64. The molecule has 10 nitrogen and oxygen atoms in total. The second-order valence-electron chi connectivity index (χ2n) is 8.92. The first kappa shape index (κ1) is 23.1. The van der Waals surface area contributed by atoms with Crippen LogP contribution in [0.1, 0.15) is 72.8 Å². The minimum Gasteiger partial charge on any atom is -0.478 e. The number of unbranched alkanes of at least 4 members (excludes halogenated alkanes) is 1. The molecule has 2 N–H and O–H groups in total. The number of hydrogen-bond acceptors (Lipinski definition) is 6. The van der Waals surface area contributed by atoms with Crippen LogP contribution in [0, 0.1) is 5.41 Å². The Morgan fingerprint density at radius 1 is 1.19 bits per heavy atom. The van der Waals surface area contributed by atoms with E-state index in [-0.39, 0.29) is 22.8 Å². The fourth-order valence-corrected chi connectivity index (χ4v) is 3.35. The molecular formula is C22H29N7O3. The van der Waals surface area contributed by atoms with Crippen LogP contribution in [0.15, 0.2) is 30.5 Å². The lowest BCUT2D eigenvalue weighted by atomic mass is 9.96. The molecule has 1 amide bonds. The molecule has 170 valence electrons. The molecule has 10 heteroatoms. The molecule has 0 fully saturated rings. The third-order valence-electron chi connectivity index (χ3n) is 4.91. The summed E-state index contributed by atoms with van der Waals surface area (Å²) in [6.07, 6.45) is 4.27. The molecule has 32 heavy (non-hydrogen) atoms. The van der Waals surface area contributed by atoms with Crippen molar-refractivity contribution in [3.8, 4) is 0 Å². The van der Waals surface area contributed by atoms with E-state index in [9.17, 15) is 9.59 Å². The number of H-pyrrole nitrogens is 1. The Hall–Kier alpha value is -3.56. The van der Waals surface area contributed by atoms with Gasteiger partial charge in [-0.05, 0) is 34.7 Å². The number of carbonyl (C=O) groups is 2. The molecule has 0 unspecified atom stereocenters. The van der Waals surface area contributed by atoms with E-state index in [1.807, 2.05) is 25.3 Å². The molecule has 3 aromatic rings. The second kappa shape index (κ2) is 9.71. The molecule has 2 aromatic heterocycles. The lowest BCUT2D eigenvalue weighted by Gasteiger charge is -2.27. The quantitative estimate of drug-likeness (QED) is 0.524. The van der Waals surface area contributed by atoms with Gasteiger partial charge in [0.1, 0.15) is 11.5 Å². The Labute approximate surface area is 186 Å². The van der Waals surface area contributed by atoms with Crippen LogP contribution in [0.25, 0.3) is 0 Å². The average Bonchev–Trinajstić information content (AvgIpc) is 3.40. The smallest absolute Gasteiger partial charge is 0.335 e. The number of nitrogens with one attached hydrogen (secondary N) is 1. The first-order chi connectivity index (χ1) is 15.2. The Morgan fingerprint density at radius 2 is 1.91 bits per heavy atom. The van der Waals surface area contributed by atoms with E-state index < -0.39 is 5.97 Å². The van der Waals surface area contributed by atoms with Gasteiger partial charge in [0.15, 0.2) is 0 Å². The molecular weight excluding hydrogens is 410 g/mol. The van der Waals surface area contributed by atoms with E-state index in [2.05, 4.69) is 32.5 Å². The van der Waals surface area contributed by atoms with Crippen LogP contribution in [0.3, 0.4) is 0 Å². The normalized spacial score (nSPS) is 11.5. The summed E-state index contributed by atoms with van der Waals surface area (Å²) in [4.78, 5) is 30.8. The van der Waals surface area contributed by atoms with E-state index in [0.717, 1.165) is 30.7 Å². The molecule has 3 rings (SSSR count). The van der Waals surface area contributed by atoms with Crippen molar-refractivity contribution in [3.63, 3.8) is 0 Å². The fraction of sp³-hybridized carbons (Fsp3) is 0.455. The van der Waals surface area contributed by atoms with Crippen LogP contribution >= 0.6 is 0 Å². The molecule has 2 heterocycles. The maximum atomic E-state index is 13.6. The SMILES string of the molecule is CCCCc1ncc(C(=O)N(CC(C)(C)C)c2nn[nH]n2)n1Cc1ccc(C(=O)O)cc1. The lowest BCUT2D eigenvalue weighted by molar-refractivity contribution is 0.0696. The highest BCUT2D eigenvalue weighted by atomic mass is 16.4. The minimum absolute atomic E-state index is 0.196. The summed E-state index contributed by atoms with van der Waals surface area (Å²) < 4.78 is 1.89. The van der Waals surface area contributed by atoms with Crippen LogP contribution in [0.2, 0.25) is 0 Å². The molecule has 0 aliphatic carbocycles. The zero-order valence-electron chi connectivity index (χ0n) is 18.9. The van der Waals surface area contributed by atoms with E-state index >= 15 is 0 Å². The molecule has 0 radical (unpaired) electrons. The predicted molar refractivity (Wildman–Crippen MR) is 119 cm³/mol. The van der Waals surface area contributed by atoms with E-state index in [1.165, 1.54) is 4.90 Å². The van der Waals surface area contributed by atoms with Crippen molar-refractivity contribution in [2.24, 2.45) is 5.41 Å². The molecule has 1 aromatic carbocycles. The van der Waals surface area contributed by atoms with E-state index in [1.54, 1.807) is 30.5 Å². The number of tetrazole rings is 1. The number of hydrogen-bond donors (Lipinski definition) is 2. The van der Waals surface area contributed by atoms with Crippen LogP contribution in [0.4, 0.5) is 5.95 Å². The number of aryl methyl sites for hydroxylation is 1. The molecule has 0 saturated heterocycles. The van der Waals surface area contributed by atoms with Gasteiger partial charge in [-0.25, -0.2) is 9.78 Å². The minimum atomic E-state index is -0.975. The van der Waals surface area contributed by atoms with Gasteiger partial charge in [-0.2, -0.15) is 5.21 Å². The van der Waals surface area contributed by atoms with Gasteiger partial charge in [0.2, 0.25) is 0 Å². The molecule has 0 bridgehead atoms. The van der Waals surface area contributed by atoms with Gasteiger partial charge < -0.3 is 9.67 Å². The van der Waals surface area contributed by atoms with Gasteiger partial charge in [0, 0.05) is 19.5 Å². The van der Waals surface area contributed by atoms with Crippen molar-refractivity contribution in [3.05, 3.63) is 53.1 Å². The van der Waals surface area contributed by atoms with Crippen LogP contribution in [0.5, 0.6) is 0 Å². The Balaban J connectivity index is 1.98. The van der Waals surface area contributed by atoms with E-state index in [0.29, 0.717) is 18.8 Å². The summed E-state index contributed by atoms with van der Waals surface area (Å²) in [5, 5.41) is 23.2. The summed E-state index contributed by atoms with van der Waals surface area (Å²) >= 11 is 0. The van der Waals surface area contributed by atoms with Gasteiger partial charge in [-0.3, -0.25) is 9.69 Å². The van der Waals surface area contributed by atoms with Crippen LogP contribution in [-0.2, 0) is 13.0 Å². The number of carboxylic acids is 1. The third-order valence-corrected chi connectivity index (χ3v) is 4.91. The predicted octanol–water partition coefficient (Wildman–Crippen LogP) is 3.18. The van der Waals surface area contributed by atoms with Crippen molar-refractivity contribution in [2.45, 2.75) is 53.5 Å². The summed E-state index contributed by atoms with van der Waals surface area (Å²) in [5.74, 6) is -0.227. The molecule has 0 spiro atoms. The largest absolute Gasteiger partial charge is 0.478 e. The number of amides is 1. The monoisotopic (exact) mass is 439 g/mol. The number of aromatic nitrogens is 6. The van der Waals surface area contributed by atoms with Crippen LogP contribution in [-0.4, -0.2) is 53.7 Å². The van der Waals surface area contributed by atoms with Gasteiger partial charge in [0.05, 0.1) is 11.8 Å². The second-order valence-corrected chi connectivity index (χ2v) is 8.92. The number of carboxylic acid groups (broad SMARTS) is 1. The van der Waals surface area contributed by atoms with Crippen LogP contribution < -0.4 is 4.90 Å². The van der Waals surface area contributed by atoms with Crippen molar-refractivity contribution >= 4 is 17.8 Å². The number of benzene rings is 1. The molecule has 0 aliphatic rings. The Bertz CT molecular complexity index is 1050. The fourth-order valence-electron chi connectivity index (χ4n) is 3.35. The number of aromatic amines is 1. The Kier molecular flexibility index (Phi) is 7.01. The van der Waals surface area contributed by atoms with E-state index in [4.69, 9.17) is 5.11 Å². The summed E-state index contributed by atoms with van der Waals surface area (Å²) in [6.45, 7) is 8.99. The third kappa shape index (κ3) is 5.57. The van der Waals surface area contributed by atoms with Crippen molar-refractivity contribution in [1.82, 2.24) is 30.2 Å². The number of aromatic carboxylic acids is 1. The first-order valence-corrected chi connectivity index (χ1v) is 10.6.